The largest absolute Gasteiger partial charge is 0.337 e. The number of hydrogen-bond donors (Lipinski definition) is 1. The van der Waals surface area contributed by atoms with Crippen LogP contribution in [0.2, 0.25) is 0 Å². The van der Waals surface area contributed by atoms with Gasteiger partial charge in [-0.25, -0.2) is 9.80 Å². The van der Waals surface area contributed by atoms with Crippen molar-refractivity contribution in [2.24, 2.45) is 5.92 Å². The Morgan fingerprint density at radius 1 is 1.26 bits per heavy atom. The predicted octanol–water partition coefficient (Wildman–Crippen LogP) is 1.49. The Balaban J connectivity index is 1.90. The quantitative estimate of drug-likeness (QED) is 0.701. The van der Waals surface area contributed by atoms with Gasteiger partial charge < -0.3 is 15.1 Å². The van der Waals surface area contributed by atoms with Gasteiger partial charge in [0.25, 0.3) is 0 Å². The van der Waals surface area contributed by atoms with E-state index in [2.05, 4.69) is 11.2 Å². The van der Waals surface area contributed by atoms with Crippen molar-refractivity contribution in [3.63, 3.8) is 0 Å². The van der Waals surface area contributed by atoms with Gasteiger partial charge in [0.05, 0.1) is 19.6 Å². The lowest BCUT2D eigenvalue weighted by molar-refractivity contribution is -0.189. The first-order valence-electron chi connectivity index (χ1n) is 10.8. The molecule has 0 aromatic heterocycles. The molecule has 8 heteroatoms. The van der Waals surface area contributed by atoms with E-state index in [9.17, 15) is 14.4 Å². The second-order valence-corrected chi connectivity index (χ2v) is 8.32. The summed E-state index contributed by atoms with van der Waals surface area (Å²) in [5.41, 5.74) is 0.969. The number of fused-ring (bicyclic) bond motifs is 1. The lowest BCUT2D eigenvalue weighted by Crippen LogP contribution is -2.76. The minimum absolute atomic E-state index is 0.0343. The second-order valence-electron chi connectivity index (χ2n) is 8.32. The second kappa shape index (κ2) is 9.84. The number of nitrogens with one attached hydrogen (secondary N) is 1. The highest BCUT2D eigenvalue weighted by atomic mass is 16.2. The molecule has 31 heavy (non-hydrogen) atoms. The summed E-state index contributed by atoms with van der Waals surface area (Å²) in [6.45, 7) is 7.18. The van der Waals surface area contributed by atoms with Crippen LogP contribution < -0.4 is 5.32 Å². The van der Waals surface area contributed by atoms with Crippen molar-refractivity contribution in [1.82, 2.24) is 25.1 Å². The Morgan fingerprint density at radius 3 is 2.58 bits per heavy atom. The number of amides is 4. The van der Waals surface area contributed by atoms with Gasteiger partial charge in [0.1, 0.15) is 12.2 Å². The van der Waals surface area contributed by atoms with E-state index < -0.39 is 12.2 Å². The van der Waals surface area contributed by atoms with E-state index in [0.29, 0.717) is 19.5 Å². The molecule has 0 saturated carbocycles. The number of nitrogens with zero attached hydrogens (tertiary/aromatic N) is 4. The van der Waals surface area contributed by atoms with Crippen molar-refractivity contribution >= 4 is 17.8 Å². The van der Waals surface area contributed by atoms with Crippen LogP contribution in [0.1, 0.15) is 32.8 Å². The lowest BCUT2D eigenvalue weighted by Gasteiger charge is -2.55. The van der Waals surface area contributed by atoms with Crippen LogP contribution in [0.3, 0.4) is 0 Å². The number of hydrogen-bond acceptors (Lipinski definition) is 4. The predicted molar refractivity (Wildman–Crippen MR) is 117 cm³/mol. The van der Waals surface area contributed by atoms with Gasteiger partial charge in [-0.05, 0) is 24.8 Å². The summed E-state index contributed by atoms with van der Waals surface area (Å²) in [5, 5.41) is 6.07. The van der Waals surface area contributed by atoms with Crippen LogP contribution >= 0.6 is 0 Å². The molecule has 0 bridgehead atoms. The fourth-order valence-electron chi connectivity index (χ4n) is 4.25. The Labute approximate surface area is 184 Å². The first kappa shape index (κ1) is 22.6. The first-order valence-corrected chi connectivity index (χ1v) is 10.8. The van der Waals surface area contributed by atoms with E-state index in [1.54, 1.807) is 14.8 Å². The summed E-state index contributed by atoms with van der Waals surface area (Å²) in [4.78, 5) is 42.7. The van der Waals surface area contributed by atoms with Crippen molar-refractivity contribution in [3.8, 4) is 12.3 Å². The Kier molecular flexibility index (Phi) is 7.18. The molecular formula is C23H31N5O3. The number of carbonyl (C=O) groups excluding carboxylic acids is 3. The molecule has 2 aliphatic heterocycles. The maximum absolute atomic E-state index is 13.3. The van der Waals surface area contributed by atoms with E-state index in [1.165, 1.54) is 5.01 Å². The maximum Gasteiger partial charge on any atom is 0.334 e. The van der Waals surface area contributed by atoms with Crippen molar-refractivity contribution in [2.45, 2.75) is 45.9 Å². The summed E-state index contributed by atoms with van der Waals surface area (Å²) in [7, 11) is 0. The highest BCUT2D eigenvalue weighted by Crippen LogP contribution is 2.29. The van der Waals surface area contributed by atoms with Crippen LogP contribution in [-0.2, 0) is 16.1 Å². The van der Waals surface area contributed by atoms with Gasteiger partial charge in [0, 0.05) is 13.1 Å². The lowest BCUT2D eigenvalue weighted by atomic mass is 9.97. The molecule has 1 aromatic carbocycles. The van der Waals surface area contributed by atoms with E-state index in [0.717, 1.165) is 5.56 Å². The zero-order valence-corrected chi connectivity index (χ0v) is 18.5. The fourth-order valence-corrected chi connectivity index (χ4v) is 4.25. The number of terminal acetylenes is 1. The molecule has 1 aromatic rings. The molecule has 0 radical (unpaired) electrons. The van der Waals surface area contributed by atoms with Gasteiger partial charge in [0.15, 0.2) is 0 Å². The number of carbonyl (C=O) groups is 3. The molecule has 2 saturated heterocycles. The molecule has 166 valence electrons. The minimum atomic E-state index is -0.591. The number of rotatable bonds is 6. The molecule has 2 atom stereocenters. The van der Waals surface area contributed by atoms with Crippen LogP contribution in [0.4, 0.5) is 4.79 Å². The van der Waals surface area contributed by atoms with Gasteiger partial charge in [-0.15, -0.1) is 6.42 Å². The molecule has 0 unspecified atom stereocenters. The van der Waals surface area contributed by atoms with Crippen LogP contribution in [0.15, 0.2) is 30.3 Å². The third kappa shape index (κ3) is 4.83. The van der Waals surface area contributed by atoms with Crippen molar-refractivity contribution in [3.05, 3.63) is 35.9 Å². The number of piperazine rings is 1. The van der Waals surface area contributed by atoms with Crippen LogP contribution in [0, 0.1) is 18.3 Å². The summed E-state index contributed by atoms with van der Waals surface area (Å²) in [6.07, 6.45) is 5.49. The summed E-state index contributed by atoms with van der Waals surface area (Å²) < 4.78 is 0. The molecule has 4 amide bonds. The van der Waals surface area contributed by atoms with Crippen LogP contribution in [0.5, 0.6) is 0 Å². The average molecular weight is 426 g/mol. The van der Waals surface area contributed by atoms with E-state index in [4.69, 9.17) is 6.42 Å². The average Bonchev–Trinajstić information content (AvgIpc) is 2.74. The molecule has 2 fully saturated rings. The molecular weight excluding hydrogens is 394 g/mol. The third-order valence-corrected chi connectivity index (χ3v) is 5.67. The summed E-state index contributed by atoms with van der Waals surface area (Å²) >= 11 is 0. The first-order chi connectivity index (χ1) is 14.9. The van der Waals surface area contributed by atoms with E-state index in [1.807, 2.05) is 51.1 Å². The van der Waals surface area contributed by atoms with Crippen molar-refractivity contribution in [2.75, 3.05) is 26.2 Å². The van der Waals surface area contributed by atoms with Gasteiger partial charge in [-0.3, -0.25) is 9.59 Å². The highest BCUT2D eigenvalue weighted by molar-refractivity contribution is 5.91. The van der Waals surface area contributed by atoms with Crippen molar-refractivity contribution in [1.29, 1.82) is 0 Å². The van der Waals surface area contributed by atoms with Crippen LogP contribution in [-0.4, -0.2) is 76.0 Å². The van der Waals surface area contributed by atoms with E-state index >= 15 is 0 Å². The van der Waals surface area contributed by atoms with Gasteiger partial charge in [0.2, 0.25) is 11.8 Å². The van der Waals surface area contributed by atoms with E-state index in [-0.39, 0.29) is 43.4 Å². The molecule has 2 aliphatic rings. The number of likely N-dealkylation sites (N-methyl/N-ethyl adjacent to an activating group) is 1. The molecule has 1 N–H and O–H groups in total. The Hall–Kier alpha value is -3.05. The molecule has 2 heterocycles. The standard InChI is InChI=1S/C23H31N5O3/c1-5-12-26-16-21(29)27-19(13-17(3)4)22(30)25(6-2)15-20(27)28(26)23(31)24-14-18-10-8-7-9-11-18/h1,7-11,17,19-20H,6,12-16H2,2-4H3,(H,24,31)/t19-,20-/m0/s1. The number of urea groups is 1. The zero-order chi connectivity index (χ0) is 22.5. The monoisotopic (exact) mass is 425 g/mol. The van der Waals surface area contributed by atoms with Gasteiger partial charge in [-0.1, -0.05) is 50.1 Å². The molecule has 3 rings (SSSR count). The molecule has 8 nitrogen and oxygen atoms in total. The summed E-state index contributed by atoms with van der Waals surface area (Å²) in [6, 6.07) is 8.69. The smallest absolute Gasteiger partial charge is 0.334 e. The number of hydrazine groups is 1. The molecule has 0 aliphatic carbocycles. The van der Waals surface area contributed by atoms with Gasteiger partial charge >= 0.3 is 6.03 Å². The highest BCUT2D eigenvalue weighted by Gasteiger charge is 2.50. The SMILES string of the molecule is C#CCN1CC(=O)N2[C@@H](CC(C)C)C(=O)N(CC)C[C@@H]2N1C(=O)NCc1ccccc1. The Morgan fingerprint density at radius 2 is 1.97 bits per heavy atom. The Bertz CT molecular complexity index is 851. The maximum atomic E-state index is 13.3. The third-order valence-electron chi connectivity index (χ3n) is 5.67. The van der Waals surface area contributed by atoms with Gasteiger partial charge in [-0.2, -0.15) is 5.01 Å². The topological polar surface area (TPSA) is 76.2 Å². The van der Waals surface area contributed by atoms with Crippen LogP contribution in [0.25, 0.3) is 0 Å². The zero-order valence-electron chi connectivity index (χ0n) is 18.5. The normalized spacial score (nSPS) is 21.8. The minimum Gasteiger partial charge on any atom is -0.337 e. The summed E-state index contributed by atoms with van der Waals surface area (Å²) in [5.74, 6) is 2.53. The molecule has 0 spiro atoms. The van der Waals surface area contributed by atoms with Crippen molar-refractivity contribution < 1.29 is 14.4 Å². The number of benzene rings is 1. The fraction of sp³-hybridized carbons (Fsp3) is 0.522.